The zero-order chi connectivity index (χ0) is 26.1. The Morgan fingerprint density at radius 1 is 0.730 bits per heavy atom. The van der Waals surface area contributed by atoms with Crippen molar-refractivity contribution in [2.75, 3.05) is 0 Å². The first-order valence-corrected chi connectivity index (χ1v) is 12.4. The summed E-state index contributed by atoms with van der Waals surface area (Å²) in [7, 11) is -9.56. The maximum Gasteiger partial charge on any atom is 1.00 e. The summed E-state index contributed by atoms with van der Waals surface area (Å²) >= 11 is 0. The van der Waals surface area contributed by atoms with Crippen LogP contribution in [0.25, 0.3) is 9.69 Å². The third-order valence-corrected chi connectivity index (χ3v) is 7.45. The number of hydrogen-bond donors (Lipinski definition) is 1. The molecule has 1 N–H and O–H groups in total. The number of fused-ring (bicyclic) bond motifs is 2. The van der Waals surface area contributed by atoms with Gasteiger partial charge in [0.05, 0.1) is 23.9 Å². The molecule has 0 radical (unpaired) electrons. The van der Waals surface area contributed by atoms with Crippen LogP contribution in [0.1, 0.15) is 20.7 Å². The second kappa shape index (κ2) is 10.2. The van der Waals surface area contributed by atoms with Gasteiger partial charge in [-0.1, -0.05) is 30.8 Å². The summed E-state index contributed by atoms with van der Waals surface area (Å²) in [6.45, 7) is 8.80. The SMILES string of the molecule is O=C1O[B-]2(OC(=O)c3ccccc3S(=O)(=O)O2)OS(=O)(=O)c2ccccc21.[C-]#[N+]c1cc[nH]c1[N+]#[C-].[Li+]. The second-order valence-corrected chi connectivity index (χ2v) is 10.00. The summed E-state index contributed by atoms with van der Waals surface area (Å²) in [5.74, 6) is -2.29. The van der Waals surface area contributed by atoms with Gasteiger partial charge in [-0.2, -0.15) is 16.8 Å². The summed E-state index contributed by atoms with van der Waals surface area (Å²) in [5, 5.41) is 0. The average Bonchev–Trinajstić information content (AvgIpc) is 3.26. The van der Waals surface area contributed by atoms with E-state index in [1.807, 2.05) is 0 Å². The molecule has 0 saturated heterocycles. The predicted octanol–water partition coefficient (Wildman–Crippen LogP) is -0.306. The van der Waals surface area contributed by atoms with Gasteiger partial charge in [-0.15, -0.1) is 0 Å². The largest absolute Gasteiger partial charge is 1.00 e. The minimum absolute atomic E-state index is 0. The number of carbonyl (C=O) groups is 2. The van der Waals surface area contributed by atoms with Gasteiger partial charge in [-0.3, -0.25) is 9.59 Å². The first-order chi connectivity index (χ1) is 17.0. The molecular formula is C20H11BLiN3O10S2. The fourth-order valence-corrected chi connectivity index (χ4v) is 5.61. The topological polar surface area (TPSA) is 164 Å². The van der Waals surface area contributed by atoms with Crippen molar-refractivity contribution in [2.24, 2.45) is 0 Å². The summed E-state index contributed by atoms with van der Waals surface area (Å²) in [6, 6.07) is 11.2. The van der Waals surface area contributed by atoms with Crippen molar-refractivity contribution < 1.29 is 62.8 Å². The van der Waals surface area contributed by atoms with Crippen LogP contribution in [-0.2, 0) is 37.7 Å². The first-order valence-electron chi connectivity index (χ1n) is 9.63. The van der Waals surface area contributed by atoms with E-state index >= 15 is 0 Å². The first kappa shape index (κ1) is 27.7. The fourth-order valence-electron chi connectivity index (χ4n) is 3.16. The smallest absolute Gasteiger partial charge is 0.603 e. The standard InChI is InChI=1S/C14H8BO10S2.C6H3N3.Li/c16-13-9-5-1-3-7-11(9)26(18,19)24-15(22-13)23-14(17)10-6-2-4-8-12(10)27(20,21)25-15;1-7-5-3-4-9-6(5)8-2;/h1-8H;3-4,9H;/q-1;;+1. The van der Waals surface area contributed by atoms with Crippen molar-refractivity contribution >= 4 is 50.6 Å². The third kappa shape index (κ3) is 5.31. The molecule has 0 amide bonds. The van der Waals surface area contributed by atoms with Gasteiger partial charge in [-0.05, 0) is 30.3 Å². The normalized spacial score (nSPS) is 17.8. The average molecular weight is 535 g/mol. The van der Waals surface area contributed by atoms with Gasteiger partial charge < -0.3 is 27.3 Å². The van der Waals surface area contributed by atoms with Crippen molar-refractivity contribution in [2.45, 2.75) is 9.79 Å². The molecule has 5 rings (SSSR count). The van der Waals surface area contributed by atoms with E-state index in [1.165, 1.54) is 24.3 Å². The number of aromatic nitrogens is 1. The van der Waals surface area contributed by atoms with Crippen LogP contribution in [0.15, 0.2) is 70.6 Å². The van der Waals surface area contributed by atoms with E-state index in [0.717, 1.165) is 24.3 Å². The van der Waals surface area contributed by atoms with E-state index in [0.29, 0.717) is 11.5 Å². The van der Waals surface area contributed by atoms with Crippen molar-refractivity contribution in [3.63, 3.8) is 0 Å². The quantitative estimate of drug-likeness (QED) is 0.299. The number of H-pyrrole nitrogens is 1. The molecule has 0 saturated carbocycles. The predicted molar refractivity (Wildman–Crippen MR) is 119 cm³/mol. The van der Waals surface area contributed by atoms with Gasteiger partial charge in [0, 0.05) is 0 Å². The van der Waals surface area contributed by atoms with Crippen molar-refractivity contribution in [1.82, 2.24) is 4.98 Å². The Balaban J connectivity index is 0.000000324. The Kier molecular flexibility index (Phi) is 7.67. The van der Waals surface area contributed by atoms with Crippen LogP contribution >= 0.6 is 0 Å². The maximum atomic E-state index is 12.5. The van der Waals surface area contributed by atoms with Crippen LogP contribution in [0.4, 0.5) is 11.5 Å². The minimum atomic E-state index is -4.78. The molecule has 37 heavy (non-hydrogen) atoms. The summed E-state index contributed by atoms with van der Waals surface area (Å²) in [5.41, 5.74) is -0.477. The van der Waals surface area contributed by atoms with Gasteiger partial charge in [0.1, 0.15) is 9.79 Å². The van der Waals surface area contributed by atoms with Crippen LogP contribution < -0.4 is 18.9 Å². The molecule has 2 aliphatic rings. The monoisotopic (exact) mass is 535 g/mol. The number of carbonyl (C=O) groups excluding carboxylic acids is 2. The Hall–Kier alpha value is -3.88. The van der Waals surface area contributed by atoms with Crippen molar-refractivity contribution in [3.05, 3.63) is 94.8 Å². The number of nitrogens with zero attached hydrogens (tertiary/aromatic N) is 2. The molecular weight excluding hydrogens is 524 g/mol. The Labute approximate surface area is 222 Å². The van der Waals surface area contributed by atoms with E-state index in [1.54, 1.807) is 12.3 Å². The summed E-state index contributed by atoms with van der Waals surface area (Å²) < 4.78 is 69.0. The molecule has 2 aliphatic heterocycles. The van der Waals surface area contributed by atoms with E-state index in [9.17, 15) is 26.4 Å². The van der Waals surface area contributed by atoms with Crippen LogP contribution in [0.2, 0.25) is 0 Å². The molecule has 1 spiro atoms. The molecule has 0 atom stereocenters. The molecule has 1 aromatic heterocycles. The molecule has 17 heteroatoms. The van der Waals surface area contributed by atoms with E-state index < -0.39 is 60.1 Å². The van der Waals surface area contributed by atoms with Crippen LogP contribution in [0.3, 0.4) is 0 Å². The van der Waals surface area contributed by atoms with E-state index in [-0.39, 0.29) is 18.9 Å². The molecule has 0 bridgehead atoms. The molecule has 3 aromatic rings. The fraction of sp³-hybridized carbons (Fsp3) is 0. The summed E-state index contributed by atoms with van der Waals surface area (Å²) in [4.78, 5) is 32.4. The van der Waals surface area contributed by atoms with Gasteiger partial charge >= 0.3 is 25.8 Å². The number of nitrogens with one attached hydrogen (secondary N) is 1. The number of aromatic amines is 1. The molecule has 0 aliphatic carbocycles. The van der Waals surface area contributed by atoms with Crippen LogP contribution in [-0.4, -0.2) is 40.7 Å². The van der Waals surface area contributed by atoms with E-state index in [2.05, 4.69) is 22.9 Å². The van der Waals surface area contributed by atoms with Gasteiger partial charge in [0.25, 0.3) is 32.2 Å². The zero-order valence-electron chi connectivity index (χ0n) is 18.6. The van der Waals surface area contributed by atoms with Gasteiger partial charge in [-0.25, -0.2) is 4.85 Å². The Morgan fingerprint density at radius 3 is 1.59 bits per heavy atom. The van der Waals surface area contributed by atoms with Crippen molar-refractivity contribution in [3.8, 4) is 0 Å². The maximum absolute atomic E-state index is 12.5. The Bertz CT molecular complexity index is 1580. The second-order valence-electron chi connectivity index (χ2n) is 6.92. The molecule has 13 nitrogen and oxygen atoms in total. The van der Waals surface area contributed by atoms with E-state index in [4.69, 9.17) is 22.5 Å². The minimum Gasteiger partial charge on any atom is -0.603 e. The molecule has 0 fully saturated rings. The summed E-state index contributed by atoms with van der Waals surface area (Å²) in [6.07, 6.45) is 1.58. The molecule has 3 heterocycles. The third-order valence-electron chi connectivity index (χ3n) is 4.68. The molecule has 0 unspecified atom stereocenters. The van der Waals surface area contributed by atoms with Crippen LogP contribution in [0, 0.1) is 13.1 Å². The number of benzene rings is 2. The Morgan fingerprint density at radius 2 is 1.19 bits per heavy atom. The molecule has 182 valence electrons. The van der Waals surface area contributed by atoms with Crippen molar-refractivity contribution in [1.29, 1.82) is 0 Å². The van der Waals surface area contributed by atoms with Gasteiger partial charge in [0.2, 0.25) is 11.5 Å². The molecule has 2 aromatic carbocycles. The zero-order valence-corrected chi connectivity index (χ0v) is 20.3. The van der Waals surface area contributed by atoms with Gasteiger partial charge in [0.15, 0.2) is 0 Å². The number of hydrogen-bond acceptors (Lipinski definition) is 10. The number of rotatable bonds is 0. The van der Waals surface area contributed by atoms with Crippen LogP contribution in [0.5, 0.6) is 0 Å².